The SMILES string of the molecule is COc1ccc(C(=O)CN2CCCC2C)cc1. The van der Waals surface area contributed by atoms with Crippen LogP contribution in [0, 0.1) is 0 Å². The number of hydrogen-bond acceptors (Lipinski definition) is 3. The van der Waals surface area contributed by atoms with Crippen molar-refractivity contribution in [2.75, 3.05) is 20.2 Å². The molecule has 1 heterocycles. The lowest BCUT2D eigenvalue weighted by Gasteiger charge is -2.19. The normalized spacial score (nSPS) is 20.5. The number of carbonyl (C=O) groups is 1. The Morgan fingerprint density at radius 3 is 2.65 bits per heavy atom. The standard InChI is InChI=1S/C14H19NO2/c1-11-4-3-9-15(11)10-14(16)12-5-7-13(17-2)8-6-12/h5-8,11H,3-4,9-10H2,1-2H3. The number of carbonyl (C=O) groups excluding carboxylic acids is 1. The van der Waals surface area contributed by atoms with Gasteiger partial charge >= 0.3 is 0 Å². The average molecular weight is 233 g/mol. The number of ether oxygens (including phenoxy) is 1. The van der Waals surface area contributed by atoms with Crippen LogP contribution in [0.5, 0.6) is 5.75 Å². The van der Waals surface area contributed by atoms with Crippen LogP contribution < -0.4 is 4.74 Å². The molecule has 3 heteroatoms. The third kappa shape index (κ3) is 2.86. The van der Waals surface area contributed by atoms with Gasteiger partial charge in [0.15, 0.2) is 5.78 Å². The van der Waals surface area contributed by atoms with Crippen LogP contribution in [-0.4, -0.2) is 36.9 Å². The van der Waals surface area contributed by atoms with Crippen molar-refractivity contribution in [1.29, 1.82) is 0 Å². The van der Waals surface area contributed by atoms with E-state index in [2.05, 4.69) is 11.8 Å². The fraction of sp³-hybridized carbons (Fsp3) is 0.500. The highest BCUT2D eigenvalue weighted by molar-refractivity contribution is 5.97. The van der Waals surface area contributed by atoms with E-state index in [0.29, 0.717) is 12.6 Å². The number of methoxy groups -OCH3 is 1. The third-order valence-corrected chi connectivity index (χ3v) is 3.45. The van der Waals surface area contributed by atoms with Crippen molar-refractivity contribution in [2.24, 2.45) is 0 Å². The van der Waals surface area contributed by atoms with Gasteiger partial charge < -0.3 is 4.74 Å². The van der Waals surface area contributed by atoms with Gasteiger partial charge in [0.25, 0.3) is 0 Å². The van der Waals surface area contributed by atoms with Gasteiger partial charge in [-0.1, -0.05) is 0 Å². The molecule has 0 aliphatic carbocycles. The molecule has 0 aromatic heterocycles. The predicted molar refractivity (Wildman–Crippen MR) is 67.6 cm³/mol. The van der Waals surface area contributed by atoms with Crippen LogP contribution in [-0.2, 0) is 0 Å². The summed E-state index contributed by atoms with van der Waals surface area (Å²) in [5.74, 6) is 0.984. The number of benzene rings is 1. The van der Waals surface area contributed by atoms with E-state index in [0.717, 1.165) is 17.9 Å². The lowest BCUT2D eigenvalue weighted by molar-refractivity contribution is 0.0926. The average Bonchev–Trinajstić information content (AvgIpc) is 2.75. The Bertz CT molecular complexity index is 386. The maximum Gasteiger partial charge on any atom is 0.176 e. The Labute approximate surface area is 102 Å². The minimum absolute atomic E-state index is 0.196. The second-order valence-electron chi connectivity index (χ2n) is 4.61. The monoisotopic (exact) mass is 233 g/mol. The van der Waals surface area contributed by atoms with Gasteiger partial charge in [0.1, 0.15) is 5.75 Å². The molecule has 1 saturated heterocycles. The quantitative estimate of drug-likeness (QED) is 0.748. The van der Waals surface area contributed by atoms with Crippen molar-refractivity contribution >= 4 is 5.78 Å². The van der Waals surface area contributed by atoms with Crippen molar-refractivity contribution in [3.05, 3.63) is 29.8 Å². The van der Waals surface area contributed by atoms with E-state index >= 15 is 0 Å². The van der Waals surface area contributed by atoms with Crippen LogP contribution in [0.3, 0.4) is 0 Å². The Morgan fingerprint density at radius 1 is 1.41 bits per heavy atom. The fourth-order valence-corrected chi connectivity index (χ4v) is 2.28. The molecule has 1 aliphatic heterocycles. The van der Waals surface area contributed by atoms with Crippen LogP contribution in [0.1, 0.15) is 30.1 Å². The van der Waals surface area contributed by atoms with E-state index in [4.69, 9.17) is 4.74 Å². The lowest BCUT2D eigenvalue weighted by Crippen LogP contribution is -2.32. The van der Waals surface area contributed by atoms with Crippen LogP contribution in [0.15, 0.2) is 24.3 Å². The topological polar surface area (TPSA) is 29.5 Å². The zero-order valence-corrected chi connectivity index (χ0v) is 10.5. The van der Waals surface area contributed by atoms with Crippen molar-refractivity contribution in [2.45, 2.75) is 25.8 Å². The fourth-order valence-electron chi connectivity index (χ4n) is 2.28. The number of Topliss-reactive ketones (excluding diaryl/α,β-unsaturated/α-hetero) is 1. The molecule has 1 fully saturated rings. The van der Waals surface area contributed by atoms with E-state index in [9.17, 15) is 4.79 Å². The van der Waals surface area contributed by atoms with Crippen molar-refractivity contribution in [1.82, 2.24) is 4.90 Å². The molecule has 1 unspecified atom stereocenters. The van der Waals surface area contributed by atoms with Gasteiger partial charge in [-0.25, -0.2) is 0 Å². The first-order valence-electron chi connectivity index (χ1n) is 6.12. The highest BCUT2D eigenvalue weighted by Crippen LogP contribution is 2.17. The Balaban J connectivity index is 1.99. The van der Waals surface area contributed by atoms with Crippen molar-refractivity contribution in [3.8, 4) is 5.75 Å². The minimum atomic E-state index is 0.196. The molecule has 1 aromatic rings. The van der Waals surface area contributed by atoms with Crippen LogP contribution in [0.2, 0.25) is 0 Å². The first-order valence-corrected chi connectivity index (χ1v) is 6.12. The summed E-state index contributed by atoms with van der Waals surface area (Å²) in [6.45, 7) is 3.77. The predicted octanol–water partition coefficient (Wildman–Crippen LogP) is 2.36. The summed E-state index contributed by atoms with van der Waals surface area (Å²) in [5, 5.41) is 0. The van der Waals surface area contributed by atoms with Gasteiger partial charge in [-0.3, -0.25) is 9.69 Å². The smallest absolute Gasteiger partial charge is 0.176 e. The molecule has 0 radical (unpaired) electrons. The number of likely N-dealkylation sites (tertiary alicyclic amines) is 1. The zero-order chi connectivity index (χ0) is 12.3. The second kappa shape index (κ2) is 5.32. The molecule has 1 aliphatic rings. The summed E-state index contributed by atoms with van der Waals surface area (Å²) >= 11 is 0. The van der Waals surface area contributed by atoms with Crippen LogP contribution >= 0.6 is 0 Å². The maximum atomic E-state index is 12.1. The van der Waals surface area contributed by atoms with Gasteiger partial charge in [-0.2, -0.15) is 0 Å². The van der Waals surface area contributed by atoms with E-state index in [1.165, 1.54) is 12.8 Å². The number of nitrogens with zero attached hydrogens (tertiary/aromatic N) is 1. The molecular formula is C14H19NO2. The summed E-state index contributed by atoms with van der Waals surface area (Å²) in [6, 6.07) is 7.88. The van der Waals surface area contributed by atoms with Gasteiger partial charge in [0.05, 0.1) is 13.7 Å². The first-order chi connectivity index (χ1) is 8.20. The Hall–Kier alpha value is -1.35. The van der Waals surface area contributed by atoms with Crippen LogP contribution in [0.25, 0.3) is 0 Å². The highest BCUT2D eigenvalue weighted by atomic mass is 16.5. The van der Waals surface area contributed by atoms with Crippen molar-refractivity contribution in [3.63, 3.8) is 0 Å². The molecular weight excluding hydrogens is 214 g/mol. The van der Waals surface area contributed by atoms with Gasteiger partial charge in [-0.15, -0.1) is 0 Å². The summed E-state index contributed by atoms with van der Waals surface area (Å²) in [7, 11) is 1.63. The molecule has 92 valence electrons. The van der Waals surface area contributed by atoms with E-state index < -0.39 is 0 Å². The molecule has 1 atom stereocenters. The van der Waals surface area contributed by atoms with Gasteiger partial charge in [0.2, 0.25) is 0 Å². The third-order valence-electron chi connectivity index (χ3n) is 3.45. The molecule has 0 amide bonds. The summed E-state index contributed by atoms with van der Waals surface area (Å²) in [6.07, 6.45) is 2.41. The number of rotatable bonds is 4. The van der Waals surface area contributed by atoms with Crippen molar-refractivity contribution < 1.29 is 9.53 Å². The number of ketones is 1. The van der Waals surface area contributed by atoms with E-state index in [1.54, 1.807) is 7.11 Å². The molecule has 0 saturated carbocycles. The molecule has 17 heavy (non-hydrogen) atoms. The molecule has 0 spiro atoms. The summed E-state index contributed by atoms with van der Waals surface area (Å²) in [4.78, 5) is 14.3. The molecule has 3 nitrogen and oxygen atoms in total. The van der Waals surface area contributed by atoms with Gasteiger partial charge in [0, 0.05) is 11.6 Å². The molecule has 0 N–H and O–H groups in total. The minimum Gasteiger partial charge on any atom is -0.497 e. The Morgan fingerprint density at radius 2 is 2.12 bits per heavy atom. The summed E-state index contributed by atoms with van der Waals surface area (Å²) < 4.78 is 5.08. The maximum absolute atomic E-state index is 12.1. The first kappa shape index (κ1) is 12.1. The second-order valence-corrected chi connectivity index (χ2v) is 4.61. The molecule has 1 aromatic carbocycles. The Kier molecular flexibility index (Phi) is 3.79. The lowest BCUT2D eigenvalue weighted by atomic mass is 10.1. The zero-order valence-electron chi connectivity index (χ0n) is 10.5. The summed E-state index contributed by atoms with van der Waals surface area (Å²) in [5.41, 5.74) is 0.768. The molecule has 0 bridgehead atoms. The van der Waals surface area contributed by atoms with Crippen LogP contribution in [0.4, 0.5) is 0 Å². The highest BCUT2D eigenvalue weighted by Gasteiger charge is 2.22. The van der Waals surface area contributed by atoms with Gasteiger partial charge in [-0.05, 0) is 50.6 Å². The number of hydrogen-bond donors (Lipinski definition) is 0. The molecule has 2 rings (SSSR count). The van der Waals surface area contributed by atoms with E-state index in [1.807, 2.05) is 24.3 Å². The largest absolute Gasteiger partial charge is 0.497 e. The van der Waals surface area contributed by atoms with E-state index in [-0.39, 0.29) is 5.78 Å².